The Bertz CT molecular complexity index is 535. The minimum atomic E-state index is -0.491. The van der Waals surface area contributed by atoms with Gasteiger partial charge in [-0.15, -0.1) is 0 Å². The topological polar surface area (TPSA) is 42.1 Å². The van der Waals surface area contributed by atoms with E-state index < -0.39 is 5.97 Å². The van der Waals surface area contributed by atoms with E-state index in [1.54, 1.807) is 12.1 Å². The number of H-pyrrole nitrogens is 1. The molecule has 0 aliphatic heterocycles. The summed E-state index contributed by atoms with van der Waals surface area (Å²) in [5, 5.41) is 0.429. The second-order valence-corrected chi connectivity index (χ2v) is 4.05. The molecule has 1 aromatic carbocycles. The summed E-state index contributed by atoms with van der Waals surface area (Å²) in [5.74, 6) is -0.835. The minimum absolute atomic E-state index is 0.290. The summed E-state index contributed by atoms with van der Waals surface area (Å²) in [4.78, 5) is 14.2. The van der Waals surface area contributed by atoms with Crippen LogP contribution in [0.25, 0.3) is 10.9 Å². The quantitative estimate of drug-likeness (QED) is 0.649. The third-order valence-corrected chi connectivity index (χ3v) is 3.18. The Balaban J connectivity index is 2.75. The largest absolute Gasteiger partial charge is 0.464 e. The third kappa shape index (κ3) is 1.60. The van der Waals surface area contributed by atoms with Gasteiger partial charge in [-0.3, -0.25) is 0 Å². The van der Waals surface area contributed by atoms with Crippen molar-refractivity contribution < 1.29 is 13.9 Å². The standard InChI is InChI=1S/C10H7FINO2/c1-15-10(14)9-8(12)7-5(11)3-2-4-6(7)13-9/h2-4,13H,1H3. The Morgan fingerprint density at radius 1 is 1.53 bits per heavy atom. The van der Waals surface area contributed by atoms with Crippen molar-refractivity contribution in [2.24, 2.45) is 0 Å². The molecule has 0 aliphatic carbocycles. The average molecular weight is 319 g/mol. The zero-order valence-electron chi connectivity index (χ0n) is 7.80. The molecule has 3 nitrogen and oxygen atoms in total. The number of aromatic nitrogens is 1. The molecule has 0 saturated carbocycles. The van der Waals surface area contributed by atoms with Crippen molar-refractivity contribution in [1.29, 1.82) is 0 Å². The minimum Gasteiger partial charge on any atom is -0.464 e. The Hall–Kier alpha value is -1.11. The highest BCUT2D eigenvalue weighted by molar-refractivity contribution is 14.1. The second kappa shape index (κ2) is 3.80. The van der Waals surface area contributed by atoms with Crippen molar-refractivity contribution >= 4 is 39.5 Å². The smallest absolute Gasteiger partial charge is 0.355 e. The Labute approximate surface area is 98.8 Å². The Kier molecular flexibility index (Phi) is 2.64. The predicted molar refractivity (Wildman–Crippen MR) is 62.3 cm³/mol. The molecule has 0 amide bonds. The molecule has 1 N–H and O–H groups in total. The highest BCUT2D eigenvalue weighted by atomic mass is 127. The molecule has 2 aromatic rings. The molecular formula is C10H7FINO2. The highest BCUT2D eigenvalue weighted by Gasteiger charge is 2.18. The van der Waals surface area contributed by atoms with Gasteiger partial charge in [0.25, 0.3) is 0 Å². The van der Waals surface area contributed by atoms with E-state index in [2.05, 4.69) is 9.72 Å². The predicted octanol–water partition coefficient (Wildman–Crippen LogP) is 2.70. The van der Waals surface area contributed by atoms with E-state index in [0.717, 1.165) is 0 Å². The normalized spacial score (nSPS) is 10.6. The van der Waals surface area contributed by atoms with Crippen LogP contribution in [0.1, 0.15) is 10.5 Å². The number of halogens is 2. The van der Waals surface area contributed by atoms with E-state index in [1.807, 2.05) is 22.6 Å². The molecule has 5 heteroatoms. The summed E-state index contributed by atoms with van der Waals surface area (Å²) in [6.45, 7) is 0. The molecule has 0 unspecified atom stereocenters. The first-order chi connectivity index (χ1) is 7.15. The molecule has 0 bridgehead atoms. The van der Waals surface area contributed by atoms with Crippen LogP contribution in [-0.2, 0) is 4.74 Å². The molecule has 0 aliphatic rings. The van der Waals surface area contributed by atoms with Gasteiger partial charge in [0, 0.05) is 5.39 Å². The van der Waals surface area contributed by atoms with Crippen molar-refractivity contribution in [2.45, 2.75) is 0 Å². The highest BCUT2D eigenvalue weighted by Crippen LogP contribution is 2.26. The lowest BCUT2D eigenvalue weighted by molar-refractivity contribution is 0.0594. The van der Waals surface area contributed by atoms with E-state index >= 15 is 0 Å². The summed E-state index contributed by atoms with van der Waals surface area (Å²) in [6, 6.07) is 4.66. The number of hydrogen-bond acceptors (Lipinski definition) is 2. The van der Waals surface area contributed by atoms with Crippen LogP contribution in [0, 0.1) is 9.39 Å². The van der Waals surface area contributed by atoms with Crippen LogP contribution in [0.4, 0.5) is 4.39 Å². The fourth-order valence-electron chi connectivity index (χ4n) is 1.41. The van der Waals surface area contributed by atoms with Gasteiger partial charge in [-0.25, -0.2) is 9.18 Å². The Morgan fingerprint density at radius 3 is 2.87 bits per heavy atom. The lowest BCUT2D eigenvalue weighted by Crippen LogP contribution is -2.03. The molecule has 2 rings (SSSR count). The van der Waals surface area contributed by atoms with E-state index in [0.29, 0.717) is 20.2 Å². The maximum Gasteiger partial charge on any atom is 0.355 e. The molecule has 78 valence electrons. The monoisotopic (exact) mass is 319 g/mol. The van der Waals surface area contributed by atoms with Crippen LogP contribution in [0.2, 0.25) is 0 Å². The zero-order valence-corrected chi connectivity index (χ0v) is 9.96. The van der Waals surface area contributed by atoms with Crippen molar-refractivity contribution in [2.75, 3.05) is 7.11 Å². The van der Waals surface area contributed by atoms with E-state index in [4.69, 9.17) is 0 Å². The van der Waals surface area contributed by atoms with Gasteiger partial charge in [-0.2, -0.15) is 0 Å². The van der Waals surface area contributed by atoms with Gasteiger partial charge in [0.1, 0.15) is 11.5 Å². The third-order valence-electron chi connectivity index (χ3n) is 2.10. The lowest BCUT2D eigenvalue weighted by Gasteiger charge is -1.95. The van der Waals surface area contributed by atoms with Gasteiger partial charge < -0.3 is 9.72 Å². The van der Waals surface area contributed by atoms with E-state index in [1.165, 1.54) is 13.2 Å². The van der Waals surface area contributed by atoms with Crippen LogP contribution in [0.5, 0.6) is 0 Å². The van der Waals surface area contributed by atoms with Crippen LogP contribution in [-0.4, -0.2) is 18.1 Å². The SMILES string of the molecule is COC(=O)c1[nH]c2cccc(F)c2c1I. The van der Waals surface area contributed by atoms with Crippen molar-refractivity contribution in [3.63, 3.8) is 0 Å². The van der Waals surface area contributed by atoms with E-state index in [-0.39, 0.29) is 5.82 Å². The Morgan fingerprint density at radius 2 is 2.27 bits per heavy atom. The van der Waals surface area contributed by atoms with Gasteiger partial charge in [0.15, 0.2) is 0 Å². The number of methoxy groups -OCH3 is 1. The fourth-order valence-corrected chi connectivity index (χ4v) is 2.31. The van der Waals surface area contributed by atoms with Crippen molar-refractivity contribution in [3.8, 4) is 0 Å². The maximum atomic E-state index is 13.5. The molecule has 0 fully saturated rings. The van der Waals surface area contributed by atoms with Crippen LogP contribution in [0.3, 0.4) is 0 Å². The summed E-state index contributed by atoms with van der Waals surface area (Å²) in [6.07, 6.45) is 0. The van der Waals surface area contributed by atoms with Crippen LogP contribution < -0.4 is 0 Å². The molecule has 0 spiro atoms. The average Bonchev–Trinajstić information content (AvgIpc) is 2.56. The number of hydrogen-bond donors (Lipinski definition) is 1. The molecular weight excluding hydrogens is 312 g/mol. The molecule has 15 heavy (non-hydrogen) atoms. The summed E-state index contributed by atoms with van der Waals surface area (Å²) < 4.78 is 18.6. The number of aromatic amines is 1. The van der Waals surface area contributed by atoms with Gasteiger partial charge >= 0.3 is 5.97 Å². The second-order valence-electron chi connectivity index (χ2n) is 2.97. The summed E-state index contributed by atoms with van der Waals surface area (Å²) >= 11 is 1.93. The van der Waals surface area contributed by atoms with Crippen molar-refractivity contribution in [1.82, 2.24) is 4.98 Å². The molecule has 0 radical (unpaired) electrons. The number of ether oxygens (including phenoxy) is 1. The first-order valence-corrected chi connectivity index (χ1v) is 5.27. The molecule has 0 saturated heterocycles. The van der Waals surface area contributed by atoms with Gasteiger partial charge in [0.05, 0.1) is 16.2 Å². The number of carbonyl (C=O) groups is 1. The number of carbonyl (C=O) groups excluding carboxylic acids is 1. The van der Waals surface area contributed by atoms with Gasteiger partial charge in [-0.05, 0) is 34.7 Å². The summed E-state index contributed by atoms with van der Waals surface area (Å²) in [7, 11) is 1.29. The number of benzene rings is 1. The summed E-state index contributed by atoms with van der Waals surface area (Å²) in [5.41, 5.74) is 0.887. The number of rotatable bonds is 1. The van der Waals surface area contributed by atoms with E-state index in [9.17, 15) is 9.18 Å². The zero-order chi connectivity index (χ0) is 11.0. The number of fused-ring (bicyclic) bond motifs is 1. The molecule has 1 heterocycles. The molecule has 1 aromatic heterocycles. The van der Waals surface area contributed by atoms with Crippen LogP contribution in [0.15, 0.2) is 18.2 Å². The fraction of sp³-hybridized carbons (Fsp3) is 0.100. The number of nitrogens with one attached hydrogen (secondary N) is 1. The van der Waals surface area contributed by atoms with Gasteiger partial charge in [0.2, 0.25) is 0 Å². The van der Waals surface area contributed by atoms with Crippen LogP contribution >= 0.6 is 22.6 Å². The number of esters is 1. The first-order valence-electron chi connectivity index (χ1n) is 4.19. The van der Waals surface area contributed by atoms with Gasteiger partial charge in [-0.1, -0.05) is 6.07 Å². The lowest BCUT2D eigenvalue weighted by atomic mass is 10.2. The molecule has 0 atom stereocenters. The first kappa shape index (κ1) is 10.4. The van der Waals surface area contributed by atoms with Crippen molar-refractivity contribution in [3.05, 3.63) is 33.3 Å². The maximum absolute atomic E-state index is 13.5.